The highest BCUT2D eigenvalue weighted by Gasteiger charge is 2.15. The highest BCUT2D eigenvalue weighted by molar-refractivity contribution is 7.09. The van der Waals surface area contributed by atoms with Crippen LogP contribution in [0, 0.1) is 0 Å². The van der Waals surface area contributed by atoms with Crippen LogP contribution in [0.15, 0.2) is 11.7 Å². The van der Waals surface area contributed by atoms with E-state index in [1.165, 1.54) is 24.3 Å². The molecule has 3 nitrogen and oxygen atoms in total. The number of nitrogens with zero attached hydrogens (tertiary/aromatic N) is 2. The van der Waals surface area contributed by atoms with Crippen molar-refractivity contribution in [3.63, 3.8) is 0 Å². The van der Waals surface area contributed by atoms with Gasteiger partial charge >= 0.3 is 0 Å². The maximum atomic E-state index is 4.08. The van der Waals surface area contributed by atoms with Crippen LogP contribution < -0.4 is 5.32 Å². The molecular weight excluding hydrogens is 194 g/mol. The number of thiazole rings is 1. The summed E-state index contributed by atoms with van der Waals surface area (Å²) in [5, 5.41) is 3.51. The van der Waals surface area contributed by atoms with E-state index in [1.807, 2.05) is 11.7 Å². The zero-order chi connectivity index (χ0) is 9.80. The second kappa shape index (κ2) is 4.87. The van der Waals surface area contributed by atoms with Crippen molar-refractivity contribution in [2.75, 3.05) is 20.1 Å². The van der Waals surface area contributed by atoms with Gasteiger partial charge in [-0.2, -0.15) is 0 Å². The van der Waals surface area contributed by atoms with E-state index in [0.29, 0.717) is 6.04 Å². The zero-order valence-corrected chi connectivity index (χ0v) is 9.39. The van der Waals surface area contributed by atoms with Crippen molar-refractivity contribution in [1.29, 1.82) is 0 Å². The molecule has 4 heteroatoms. The quantitative estimate of drug-likeness (QED) is 0.814. The van der Waals surface area contributed by atoms with Crippen molar-refractivity contribution in [3.8, 4) is 0 Å². The molecule has 0 unspecified atom stereocenters. The molecule has 14 heavy (non-hydrogen) atoms. The van der Waals surface area contributed by atoms with Crippen molar-refractivity contribution < 1.29 is 0 Å². The van der Waals surface area contributed by atoms with Gasteiger partial charge in [-0.1, -0.05) is 0 Å². The third-order valence-corrected chi connectivity index (χ3v) is 3.37. The first-order chi connectivity index (χ1) is 6.84. The average Bonchev–Trinajstić information content (AvgIpc) is 2.76. The lowest BCUT2D eigenvalue weighted by molar-refractivity contribution is 0.295. The number of aromatic nitrogens is 1. The Morgan fingerprint density at radius 3 is 3.29 bits per heavy atom. The van der Waals surface area contributed by atoms with Gasteiger partial charge in [0, 0.05) is 30.2 Å². The third-order valence-electron chi connectivity index (χ3n) is 2.60. The Morgan fingerprint density at radius 1 is 1.71 bits per heavy atom. The van der Waals surface area contributed by atoms with Crippen molar-refractivity contribution >= 4 is 11.3 Å². The number of hydrogen-bond acceptors (Lipinski definition) is 4. The van der Waals surface area contributed by atoms with Gasteiger partial charge in [-0.15, -0.1) is 11.3 Å². The van der Waals surface area contributed by atoms with Crippen LogP contribution in [0.3, 0.4) is 0 Å². The van der Waals surface area contributed by atoms with Gasteiger partial charge in [-0.25, -0.2) is 0 Å². The summed E-state index contributed by atoms with van der Waals surface area (Å²) in [6, 6.07) is 0.702. The van der Waals surface area contributed by atoms with E-state index < -0.39 is 0 Å². The summed E-state index contributed by atoms with van der Waals surface area (Å²) in [6.07, 6.45) is 4.62. The van der Waals surface area contributed by atoms with E-state index in [9.17, 15) is 0 Å². The minimum absolute atomic E-state index is 0.702. The largest absolute Gasteiger partial charge is 0.313 e. The van der Waals surface area contributed by atoms with Crippen molar-refractivity contribution in [2.45, 2.75) is 25.4 Å². The molecule has 0 aliphatic carbocycles. The number of rotatable bonds is 4. The molecule has 0 bridgehead atoms. The monoisotopic (exact) mass is 211 g/mol. The molecule has 0 aromatic carbocycles. The molecule has 1 aromatic rings. The summed E-state index contributed by atoms with van der Waals surface area (Å²) in [7, 11) is 2.18. The second-order valence-corrected chi connectivity index (χ2v) is 4.93. The lowest BCUT2D eigenvalue weighted by Gasteiger charge is -2.19. The third kappa shape index (κ3) is 2.77. The predicted molar refractivity (Wildman–Crippen MR) is 59.5 cm³/mol. The number of nitrogens with one attached hydrogen (secondary N) is 1. The van der Waals surface area contributed by atoms with Crippen LogP contribution in [-0.4, -0.2) is 36.1 Å². The first-order valence-corrected chi connectivity index (χ1v) is 6.02. The van der Waals surface area contributed by atoms with Crippen LogP contribution >= 0.6 is 11.3 Å². The Labute approximate surface area is 89.1 Å². The molecule has 1 atom stereocenters. The Morgan fingerprint density at radius 2 is 2.64 bits per heavy atom. The predicted octanol–water partition coefficient (Wildman–Crippen LogP) is 1.33. The van der Waals surface area contributed by atoms with Crippen LogP contribution in [0.25, 0.3) is 0 Å². The Hall–Kier alpha value is -0.450. The van der Waals surface area contributed by atoms with Gasteiger partial charge in [0.2, 0.25) is 0 Å². The summed E-state index contributed by atoms with van der Waals surface area (Å²) in [6.45, 7) is 3.37. The van der Waals surface area contributed by atoms with Crippen LogP contribution in [-0.2, 0) is 6.54 Å². The standard InChI is InChI=1S/C10H17N3S/c1-13(6-9-3-2-4-12-9)7-10-5-11-8-14-10/h5,8-9,12H,2-4,6-7H2,1H3/t9-/m0/s1. The van der Waals surface area contributed by atoms with Gasteiger partial charge < -0.3 is 5.32 Å². The number of hydrogen-bond donors (Lipinski definition) is 1. The highest BCUT2D eigenvalue weighted by atomic mass is 32.1. The van der Waals surface area contributed by atoms with Crippen molar-refractivity contribution in [3.05, 3.63) is 16.6 Å². The lowest BCUT2D eigenvalue weighted by Crippen LogP contribution is -2.34. The summed E-state index contributed by atoms with van der Waals surface area (Å²) in [5.74, 6) is 0. The first kappa shape index (κ1) is 10.1. The smallest absolute Gasteiger partial charge is 0.0794 e. The van der Waals surface area contributed by atoms with Crippen LogP contribution in [0.5, 0.6) is 0 Å². The molecule has 0 radical (unpaired) electrons. The Bertz CT molecular complexity index is 254. The minimum atomic E-state index is 0.702. The summed E-state index contributed by atoms with van der Waals surface area (Å²) in [5.41, 5.74) is 1.90. The van der Waals surface area contributed by atoms with Gasteiger partial charge in [0.1, 0.15) is 0 Å². The van der Waals surface area contributed by atoms with Crippen LogP contribution in [0.4, 0.5) is 0 Å². The SMILES string of the molecule is CN(Cc1cncs1)C[C@@H]1CCCN1. The maximum absolute atomic E-state index is 4.08. The van der Waals surface area contributed by atoms with Gasteiger partial charge in [-0.05, 0) is 26.4 Å². The summed E-state index contributed by atoms with van der Waals surface area (Å²) in [4.78, 5) is 7.81. The Kier molecular flexibility index (Phi) is 3.50. The lowest BCUT2D eigenvalue weighted by atomic mass is 10.2. The fourth-order valence-corrected chi connectivity index (χ4v) is 2.61. The molecule has 1 aromatic heterocycles. The van der Waals surface area contributed by atoms with E-state index in [2.05, 4.69) is 22.2 Å². The van der Waals surface area contributed by atoms with Crippen molar-refractivity contribution in [1.82, 2.24) is 15.2 Å². The molecule has 1 aliphatic heterocycles. The fraction of sp³-hybridized carbons (Fsp3) is 0.700. The van der Waals surface area contributed by atoms with Crippen LogP contribution in [0.1, 0.15) is 17.7 Å². The number of likely N-dealkylation sites (N-methyl/N-ethyl adjacent to an activating group) is 1. The van der Waals surface area contributed by atoms with Gasteiger partial charge in [0.05, 0.1) is 5.51 Å². The van der Waals surface area contributed by atoms with E-state index in [0.717, 1.165) is 13.1 Å². The molecule has 1 fully saturated rings. The summed E-state index contributed by atoms with van der Waals surface area (Å²) >= 11 is 1.74. The maximum Gasteiger partial charge on any atom is 0.0794 e. The Balaban J connectivity index is 1.75. The van der Waals surface area contributed by atoms with Gasteiger partial charge in [-0.3, -0.25) is 9.88 Å². The zero-order valence-electron chi connectivity index (χ0n) is 8.57. The topological polar surface area (TPSA) is 28.2 Å². The molecule has 0 saturated carbocycles. The first-order valence-electron chi connectivity index (χ1n) is 5.14. The minimum Gasteiger partial charge on any atom is -0.313 e. The average molecular weight is 211 g/mol. The molecule has 0 amide bonds. The highest BCUT2D eigenvalue weighted by Crippen LogP contribution is 2.11. The van der Waals surface area contributed by atoms with E-state index in [-0.39, 0.29) is 0 Å². The fourth-order valence-electron chi connectivity index (χ4n) is 1.94. The van der Waals surface area contributed by atoms with Crippen LogP contribution in [0.2, 0.25) is 0 Å². The molecular formula is C10H17N3S. The summed E-state index contributed by atoms with van der Waals surface area (Å²) < 4.78 is 0. The molecule has 1 saturated heterocycles. The molecule has 78 valence electrons. The van der Waals surface area contributed by atoms with E-state index in [1.54, 1.807) is 11.3 Å². The molecule has 1 aliphatic rings. The molecule has 2 heterocycles. The van der Waals surface area contributed by atoms with E-state index in [4.69, 9.17) is 0 Å². The molecule has 1 N–H and O–H groups in total. The van der Waals surface area contributed by atoms with Gasteiger partial charge in [0.25, 0.3) is 0 Å². The second-order valence-electron chi connectivity index (χ2n) is 3.96. The van der Waals surface area contributed by atoms with Crippen molar-refractivity contribution in [2.24, 2.45) is 0 Å². The molecule has 2 rings (SSSR count). The van der Waals surface area contributed by atoms with Gasteiger partial charge in [0.15, 0.2) is 0 Å². The molecule has 0 spiro atoms. The normalized spacial score (nSPS) is 22.0. The van der Waals surface area contributed by atoms with E-state index >= 15 is 0 Å².